The smallest absolute Gasteiger partial charge is 0.271 e. The second-order valence-electron chi connectivity index (χ2n) is 5.45. The molecule has 120 valence electrons. The lowest BCUT2D eigenvalue weighted by Crippen LogP contribution is -2.19. The number of nitrogen functional groups attached to an aromatic ring is 1. The monoisotopic (exact) mass is 311 g/mol. The summed E-state index contributed by atoms with van der Waals surface area (Å²) in [7, 11) is 0. The van der Waals surface area contributed by atoms with E-state index in [4.69, 9.17) is 10.5 Å². The molecule has 0 saturated carbocycles. The number of hydrogen-bond acceptors (Lipinski definition) is 4. The third-order valence-electron chi connectivity index (χ3n) is 3.14. The van der Waals surface area contributed by atoms with E-state index in [9.17, 15) is 4.79 Å². The van der Waals surface area contributed by atoms with E-state index in [2.05, 4.69) is 10.5 Å². The predicted molar refractivity (Wildman–Crippen MR) is 92.7 cm³/mol. The molecule has 0 spiro atoms. The molecule has 2 aromatic rings. The molecule has 1 amide bonds. The number of rotatable bonds is 5. The van der Waals surface area contributed by atoms with Gasteiger partial charge in [0, 0.05) is 11.3 Å². The van der Waals surface area contributed by atoms with E-state index >= 15 is 0 Å². The molecule has 3 N–H and O–H groups in total. The topological polar surface area (TPSA) is 76.7 Å². The summed E-state index contributed by atoms with van der Waals surface area (Å²) in [6.45, 7) is 5.73. The van der Waals surface area contributed by atoms with Gasteiger partial charge in [0.05, 0.1) is 11.8 Å². The lowest BCUT2D eigenvalue weighted by Gasteiger charge is -2.09. The molecule has 0 saturated heterocycles. The van der Waals surface area contributed by atoms with E-state index in [1.165, 1.54) is 0 Å². The first-order valence-corrected chi connectivity index (χ1v) is 7.43. The molecule has 0 atom stereocenters. The third-order valence-corrected chi connectivity index (χ3v) is 3.14. The molecule has 0 fully saturated rings. The van der Waals surface area contributed by atoms with Crippen LogP contribution in [0.4, 0.5) is 5.69 Å². The number of nitrogens with one attached hydrogen (secondary N) is 1. The fourth-order valence-corrected chi connectivity index (χ4v) is 1.95. The van der Waals surface area contributed by atoms with Crippen LogP contribution in [0.3, 0.4) is 0 Å². The van der Waals surface area contributed by atoms with Gasteiger partial charge in [-0.05, 0) is 62.7 Å². The van der Waals surface area contributed by atoms with Crippen molar-refractivity contribution in [1.82, 2.24) is 5.43 Å². The third kappa shape index (κ3) is 4.85. The Kier molecular flexibility index (Phi) is 5.36. The highest BCUT2D eigenvalue weighted by atomic mass is 16.5. The van der Waals surface area contributed by atoms with Gasteiger partial charge in [-0.15, -0.1) is 0 Å². The number of carbonyl (C=O) groups excluding carboxylic acids is 1. The quantitative estimate of drug-likeness (QED) is 0.506. The van der Waals surface area contributed by atoms with Gasteiger partial charge in [-0.1, -0.05) is 12.1 Å². The normalized spacial score (nSPS) is 11.4. The number of anilines is 1. The molecule has 2 rings (SSSR count). The highest BCUT2D eigenvalue weighted by Crippen LogP contribution is 2.14. The number of hydrazone groups is 1. The molecule has 0 radical (unpaired) electrons. The lowest BCUT2D eigenvalue weighted by atomic mass is 10.1. The summed E-state index contributed by atoms with van der Waals surface area (Å²) in [5.41, 5.74) is 11.0. The Bertz CT molecular complexity index is 689. The maximum absolute atomic E-state index is 12.1. The molecular formula is C18H21N3O2. The van der Waals surface area contributed by atoms with Crippen LogP contribution in [0.2, 0.25) is 0 Å². The Morgan fingerprint density at radius 1 is 1.04 bits per heavy atom. The molecule has 0 aliphatic carbocycles. The average Bonchev–Trinajstić information content (AvgIpc) is 2.53. The standard InChI is InChI=1S/C18H21N3O2/c1-12(2)23-17-10-6-15(7-11-17)18(22)21-20-13(3)14-4-8-16(19)9-5-14/h4-12H,19H2,1-3H3,(H,21,22)/b20-13-. The first-order chi connectivity index (χ1) is 11.0. The van der Waals surface area contributed by atoms with Crippen molar-refractivity contribution in [3.05, 3.63) is 59.7 Å². The Balaban J connectivity index is 2.01. The maximum atomic E-state index is 12.1. The van der Waals surface area contributed by atoms with Gasteiger partial charge in [0.2, 0.25) is 0 Å². The highest BCUT2D eigenvalue weighted by Gasteiger charge is 2.06. The zero-order chi connectivity index (χ0) is 16.8. The maximum Gasteiger partial charge on any atom is 0.271 e. The van der Waals surface area contributed by atoms with Crippen LogP contribution in [-0.4, -0.2) is 17.7 Å². The van der Waals surface area contributed by atoms with E-state index in [1.54, 1.807) is 36.4 Å². The minimum Gasteiger partial charge on any atom is -0.491 e. The fourth-order valence-electron chi connectivity index (χ4n) is 1.95. The van der Waals surface area contributed by atoms with Crippen molar-refractivity contribution in [3.63, 3.8) is 0 Å². The van der Waals surface area contributed by atoms with E-state index in [0.717, 1.165) is 11.3 Å². The van der Waals surface area contributed by atoms with Crippen molar-refractivity contribution in [2.45, 2.75) is 26.9 Å². The van der Waals surface area contributed by atoms with Gasteiger partial charge in [0.25, 0.3) is 5.91 Å². The summed E-state index contributed by atoms with van der Waals surface area (Å²) in [4.78, 5) is 12.1. The largest absolute Gasteiger partial charge is 0.491 e. The molecule has 2 aromatic carbocycles. The molecule has 0 aliphatic rings. The number of benzene rings is 2. The van der Waals surface area contributed by atoms with Crippen LogP contribution in [-0.2, 0) is 0 Å². The van der Waals surface area contributed by atoms with Crippen molar-refractivity contribution >= 4 is 17.3 Å². The van der Waals surface area contributed by atoms with Crippen molar-refractivity contribution in [3.8, 4) is 5.75 Å². The Labute approximate surface area is 136 Å². The number of hydrogen-bond donors (Lipinski definition) is 2. The van der Waals surface area contributed by atoms with Crippen LogP contribution in [0.1, 0.15) is 36.7 Å². The number of amides is 1. The van der Waals surface area contributed by atoms with Gasteiger partial charge in [-0.25, -0.2) is 5.43 Å². The first-order valence-electron chi connectivity index (χ1n) is 7.43. The van der Waals surface area contributed by atoms with Crippen LogP contribution in [0.25, 0.3) is 0 Å². The summed E-state index contributed by atoms with van der Waals surface area (Å²) >= 11 is 0. The van der Waals surface area contributed by atoms with Gasteiger partial charge < -0.3 is 10.5 Å². The van der Waals surface area contributed by atoms with Gasteiger partial charge >= 0.3 is 0 Å². The number of nitrogens with two attached hydrogens (primary N) is 1. The van der Waals surface area contributed by atoms with Gasteiger partial charge in [-0.2, -0.15) is 5.10 Å². The van der Waals surface area contributed by atoms with Crippen molar-refractivity contribution < 1.29 is 9.53 Å². The zero-order valence-electron chi connectivity index (χ0n) is 13.5. The Morgan fingerprint density at radius 2 is 1.61 bits per heavy atom. The Hall–Kier alpha value is -2.82. The van der Waals surface area contributed by atoms with Gasteiger partial charge in [-0.3, -0.25) is 4.79 Å². The fraction of sp³-hybridized carbons (Fsp3) is 0.222. The second kappa shape index (κ2) is 7.45. The van der Waals surface area contributed by atoms with Crippen LogP contribution >= 0.6 is 0 Å². The zero-order valence-corrected chi connectivity index (χ0v) is 13.5. The average molecular weight is 311 g/mol. The van der Waals surface area contributed by atoms with Crippen molar-refractivity contribution in [1.29, 1.82) is 0 Å². The van der Waals surface area contributed by atoms with Gasteiger partial charge in [0.1, 0.15) is 5.75 Å². The van der Waals surface area contributed by atoms with Crippen LogP contribution in [0.5, 0.6) is 5.75 Å². The Morgan fingerprint density at radius 3 is 2.17 bits per heavy atom. The second-order valence-corrected chi connectivity index (χ2v) is 5.45. The molecule has 5 nitrogen and oxygen atoms in total. The van der Waals surface area contributed by atoms with Crippen LogP contribution < -0.4 is 15.9 Å². The minimum atomic E-state index is -0.268. The molecular weight excluding hydrogens is 290 g/mol. The van der Waals surface area contributed by atoms with Crippen molar-refractivity contribution in [2.24, 2.45) is 5.10 Å². The van der Waals surface area contributed by atoms with E-state index in [1.807, 2.05) is 32.9 Å². The molecule has 5 heteroatoms. The van der Waals surface area contributed by atoms with Gasteiger partial charge in [0.15, 0.2) is 0 Å². The summed E-state index contributed by atoms with van der Waals surface area (Å²) in [5.74, 6) is 0.467. The predicted octanol–water partition coefficient (Wildman–Crippen LogP) is 3.21. The van der Waals surface area contributed by atoms with E-state index in [-0.39, 0.29) is 12.0 Å². The number of carbonyl (C=O) groups is 1. The molecule has 23 heavy (non-hydrogen) atoms. The van der Waals surface area contributed by atoms with Crippen molar-refractivity contribution in [2.75, 3.05) is 5.73 Å². The van der Waals surface area contributed by atoms with Crippen LogP contribution in [0, 0.1) is 0 Å². The highest BCUT2D eigenvalue weighted by molar-refractivity contribution is 6.01. The summed E-state index contributed by atoms with van der Waals surface area (Å²) in [6, 6.07) is 14.3. The number of ether oxygens (including phenoxy) is 1. The van der Waals surface area contributed by atoms with E-state index in [0.29, 0.717) is 17.0 Å². The minimum absolute atomic E-state index is 0.0989. The summed E-state index contributed by atoms with van der Waals surface area (Å²) < 4.78 is 5.55. The summed E-state index contributed by atoms with van der Waals surface area (Å²) in [6.07, 6.45) is 0.0989. The molecule has 0 aromatic heterocycles. The van der Waals surface area contributed by atoms with E-state index < -0.39 is 0 Å². The molecule has 0 bridgehead atoms. The number of nitrogens with zero attached hydrogens (tertiary/aromatic N) is 1. The lowest BCUT2D eigenvalue weighted by molar-refractivity contribution is 0.0955. The molecule has 0 unspecified atom stereocenters. The SMILES string of the molecule is C/C(=N/NC(=O)c1ccc(OC(C)C)cc1)c1ccc(N)cc1. The van der Waals surface area contributed by atoms with Crippen LogP contribution in [0.15, 0.2) is 53.6 Å². The first kappa shape index (κ1) is 16.5. The summed E-state index contributed by atoms with van der Waals surface area (Å²) in [5, 5.41) is 4.12. The molecule has 0 aliphatic heterocycles. The molecule has 0 heterocycles.